The second-order valence-electron chi connectivity index (χ2n) is 3.99. The molecular formula is C16H15NO2. The number of nitrogens with zero attached hydrogens (tertiary/aromatic N) is 1. The van der Waals surface area contributed by atoms with Gasteiger partial charge in [-0.15, -0.1) is 0 Å². The molecule has 19 heavy (non-hydrogen) atoms. The monoisotopic (exact) mass is 253 g/mol. The van der Waals surface area contributed by atoms with Crippen molar-refractivity contribution in [1.82, 2.24) is 0 Å². The van der Waals surface area contributed by atoms with E-state index in [4.69, 9.17) is 4.74 Å². The lowest BCUT2D eigenvalue weighted by molar-refractivity contribution is -0.134. The average molecular weight is 253 g/mol. The van der Waals surface area contributed by atoms with Crippen LogP contribution in [0.25, 0.3) is 0 Å². The topological polar surface area (TPSA) is 38.7 Å². The molecule has 0 saturated heterocycles. The van der Waals surface area contributed by atoms with E-state index in [0.29, 0.717) is 12.2 Å². The third kappa shape index (κ3) is 4.07. The van der Waals surface area contributed by atoms with Crippen LogP contribution in [-0.2, 0) is 4.79 Å². The predicted molar refractivity (Wildman–Crippen MR) is 76.1 cm³/mol. The lowest BCUT2D eigenvalue weighted by atomic mass is 10.2. The lowest BCUT2D eigenvalue weighted by Gasteiger charge is -2.02. The van der Waals surface area contributed by atoms with Gasteiger partial charge in [0.1, 0.15) is 5.75 Å². The summed E-state index contributed by atoms with van der Waals surface area (Å²) in [6.07, 6.45) is 2.17. The van der Waals surface area contributed by atoms with Crippen LogP contribution in [0.15, 0.2) is 59.6 Å². The lowest BCUT2D eigenvalue weighted by Crippen LogP contribution is -2.04. The van der Waals surface area contributed by atoms with Gasteiger partial charge >= 0.3 is 5.97 Å². The van der Waals surface area contributed by atoms with E-state index >= 15 is 0 Å². The van der Waals surface area contributed by atoms with Crippen molar-refractivity contribution in [3.8, 4) is 5.75 Å². The molecule has 0 radical (unpaired) electrons. The van der Waals surface area contributed by atoms with Crippen molar-refractivity contribution in [3.63, 3.8) is 0 Å². The van der Waals surface area contributed by atoms with Crippen LogP contribution in [0.2, 0.25) is 0 Å². The van der Waals surface area contributed by atoms with Gasteiger partial charge in [0.15, 0.2) is 0 Å². The highest BCUT2D eigenvalue weighted by molar-refractivity contribution is 5.81. The predicted octanol–water partition coefficient (Wildman–Crippen LogP) is 3.75. The summed E-state index contributed by atoms with van der Waals surface area (Å²) in [5.41, 5.74) is 1.86. The number of carbonyl (C=O) groups is 1. The highest BCUT2D eigenvalue weighted by Crippen LogP contribution is 2.18. The summed E-state index contributed by atoms with van der Waals surface area (Å²) >= 11 is 0. The maximum Gasteiger partial charge on any atom is 0.310 e. The van der Waals surface area contributed by atoms with Crippen LogP contribution in [0, 0.1) is 0 Å². The third-order valence-electron chi connectivity index (χ3n) is 2.52. The van der Waals surface area contributed by atoms with Crippen LogP contribution in [0.1, 0.15) is 18.9 Å². The summed E-state index contributed by atoms with van der Waals surface area (Å²) in [4.78, 5) is 15.5. The van der Waals surface area contributed by atoms with Gasteiger partial charge in [-0.3, -0.25) is 9.79 Å². The van der Waals surface area contributed by atoms with Crippen molar-refractivity contribution >= 4 is 17.9 Å². The largest absolute Gasteiger partial charge is 0.427 e. The average Bonchev–Trinajstić information content (AvgIpc) is 2.47. The molecule has 96 valence electrons. The molecule has 0 saturated carbocycles. The Balaban J connectivity index is 2.03. The fourth-order valence-corrected chi connectivity index (χ4v) is 1.49. The smallest absolute Gasteiger partial charge is 0.310 e. The van der Waals surface area contributed by atoms with Gasteiger partial charge in [0.05, 0.1) is 5.69 Å². The van der Waals surface area contributed by atoms with Gasteiger partial charge in [0, 0.05) is 12.6 Å². The number of rotatable bonds is 4. The summed E-state index contributed by atoms with van der Waals surface area (Å²) in [7, 11) is 0. The summed E-state index contributed by atoms with van der Waals surface area (Å²) in [5, 5.41) is 0. The molecule has 0 aliphatic rings. The minimum atomic E-state index is -0.236. The van der Waals surface area contributed by atoms with E-state index in [1.807, 2.05) is 42.5 Å². The van der Waals surface area contributed by atoms with Crippen molar-refractivity contribution in [3.05, 3.63) is 60.2 Å². The van der Waals surface area contributed by atoms with E-state index in [-0.39, 0.29) is 5.97 Å². The van der Waals surface area contributed by atoms with Crippen LogP contribution >= 0.6 is 0 Å². The first-order valence-corrected chi connectivity index (χ1v) is 6.18. The quantitative estimate of drug-likeness (QED) is 0.473. The Bertz CT molecular complexity index is 559. The fraction of sp³-hybridized carbons (Fsp3) is 0.125. The van der Waals surface area contributed by atoms with Gasteiger partial charge in [0.25, 0.3) is 0 Å². The number of esters is 1. The van der Waals surface area contributed by atoms with Gasteiger partial charge in [-0.1, -0.05) is 37.3 Å². The molecule has 2 aromatic carbocycles. The van der Waals surface area contributed by atoms with E-state index in [2.05, 4.69) is 4.99 Å². The van der Waals surface area contributed by atoms with Crippen molar-refractivity contribution in [2.24, 2.45) is 4.99 Å². The van der Waals surface area contributed by atoms with Crippen LogP contribution in [0.3, 0.4) is 0 Å². The molecule has 3 heteroatoms. The molecule has 0 aliphatic carbocycles. The van der Waals surface area contributed by atoms with E-state index in [1.54, 1.807) is 25.3 Å². The normalized spacial score (nSPS) is 10.6. The third-order valence-corrected chi connectivity index (χ3v) is 2.52. The number of hydrogen-bond donors (Lipinski definition) is 0. The van der Waals surface area contributed by atoms with E-state index in [0.717, 1.165) is 11.3 Å². The molecule has 3 nitrogen and oxygen atoms in total. The Morgan fingerprint density at radius 3 is 2.42 bits per heavy atom. The summed E-state index contributed by atoms with van der Waals surface area (Å²) in [6, 6.07) is 17.0. The number of carbonyl (C=O) groups excluding carboxylic acids is 1. The van der Waals surface area contributed by atoms with Crippen LogP contribution in [-0.4, -0.2) is 12.2 Å². The highest BCUT2D eigenvalue weighted by atomic mass is 16.5. The molecule has 0 unspecified atom stereocenters. The molecule has 0 atom stereocenters. The minimum absolute atomic E-state index is 0.236. The molecule has 0 amide bonds. The maximum atomic E-state index is 11.1. The molecule has 0 spiro atoms. The second-order valence-corrected chi connectivity index (χ2v) is 3.99. The number of aliphatic imine (C=N–C) groups is 1. The zero-order chi connectivity index (χ0) is 13.5. The van der Waals surface area contributed by atoms with E-state index < -0.39 is 0 Å². The first kappa shape index (κ1) is 13.0. The first-order valence-electron chi connectivity index (χ1n) is 6.18. The van der Waals surface area contributed by atoms with Gasteiger partial charge in [0.2, 0.25) is 0 Å². The summed E-state index contributed by atoms with van der Waals surface area (Å²) in [6.45, 7) is 1.76. The highest BCUT2D eigenvalue weighted by Gasteiger charge is 2.00. The maximum absolute atomic E-state index is 11.1. The van der Waals surface area contributed by atoms with Crippen molar-refractivity contribution in [2.45, 2.75) is 13.3 Å². The number of benzene rings is 2. The Morgan fingerprint density at radius 2 is 1.79 bits per heavy atom. The van der Waals surface area contributed by atoms with Gasteiger partial charge in [-0.2, -0.15) is 0 Å². The molecule has 0 N–H and O–H groups in total. The summed E-state index contributed by atoms with van der Waals surface area (Å²) in [5.74, 6) is 0.311. The van der Waals surface area contributed by atoms with Crippen molar-refractivity contribution in [1.29, 1.82) is 0 Å². The fourth-order valence-electron chi connectivity index (χ4n) is 1.49. The standard InChI is InChI=1S/C16H15NO2/c1-2-16(18)19-15-10-8-14(9-11-15)17-12-13-6-4-3-5-7-13/h3-12H,2H2,1H3. The van der Waals surface area contributed by atoms with Crippen molar-refractivity contribution in [2.75, 3.05) is 0 Å². The van der Waals surface area contributed by atoms with Gasteiger partial charge < -0.3 is 4.74 Å². The zero-order valence-corrected chi connectivity index (χ0v) is 10.7. The first-order chi connectivity index (χ1) is 9.28. The van der Waals surface area contributed by atoms with Crippen LogP contribution < -0.4 is 4.74 Å². The molecule has 0 aromatic heterocycles. The van der Waals surface area contributed by atoms with E-state index in [1.165, 1.54) is 0 Å². The zero-order valence-electron chi connectivity index (χ0n) is 10.7. The van der Waals surface area contributed by atoms with Crippen molar-refractivity contribution < 1.29 is 9.53 Å². The van der Waals surface area contributed by atoms with E-state index in [9.17, 15) is 4.79 Å². The Labute approximate surface area is 112 Å². The van der Waals surface area contributed by atoms with Crippen LogP contribution in [0.4, 0.5) is 5.69 Å². The van der Waals surface area contributed by atoms with Gasteiger partial charge in [-0.25, -0.2) is 0 Å². The molecule has 2 aromatic rings. The molecule has 0 bridgehead atoms. The number of ether oxygens (including phenoxy) is 1. The Hall–Kier alpha value is -2.42. The second kappa shape index (κ2) is 6.50. The molecular weight excluding hydrogens is 238 g/mol. The Morgan fingerprint density at radius 1 is 1.11 bits per heavy atom. The molecule has 0 fully saturated rings. The summed E-state index contributed by atoms with van der Waals surface area (Å²) < 4.78 is 5.09. The molecule has 0 aliphatic heterocycles. The minimum Gasteiger partial charge on any atom is -0.427 e. The van der Waals surface area contributed by atoms with Crippen LogP contribution in [0.5, 0.6) is 5.75 Å². The molecule has 0 heterocycles. The molecule has 2 rings (SSSR count). The number of hydrogen-bond acceptors (Lipinski definition) is 3. The van der Waals surface area contributed by atoms with Gasteiger partial charge in [-0.05, 0) is 29.8 Å². The SMILES string of the molecule is CCC(=O)Oc1ccc(N=Cc2ccccc2)cc1. The Kier molecular flexibility index (Phi) is 4.45.